The SMILES string of the molecule is CCC1(C)C(N)CC1c1ccc(Br)cc1F. The Morgan fingerprint density at radius 3 is 2.75 bits per heavy atom. The third-order valence-electron chi connectivity index (χ3n) is 4.23. The third kappa shape index (κ3) is 1.70. The summed E-state index contributed by atoms with van der Waals surface area (Å²) in [5.41, 5.74) is 6.91. The molecule has 0 amide bonds. The molecule has 0 aromatic heterocycles. The molecular weight excluding hydrogens is 269 g/mol. The second-order valence-corrected chi connectivity index (χ2v) is 5.84. The third-order valence-corrected chi connectivity index (χ3v) is 4.73. The van der Waals surface area contributed by atoms with E-state index in [1.54, 1.807) is 0 Å². The van der Waals surface area contributed by atoms with Crippen molar-refractivity contribution >= 4 is 15.9 Å². The first kappa shape index (κ1) is 12.1. The van der Waals surface area contributed by atoms with E-state index < -0.39 is 0 Å². The molecule has 0 aliphatic heterocycles. The average molecular weight is 286 g/mol. The summed E-state index contributed by atoms with van der Waals surface area (Å²) in [5.74, 6) is 0.145. The van der Waals surface area contributed by atoms with Gasteiger partial charge in [-0.05, 0) is 41.9 Å². The van der Waals surface area contributed by atoms with E-state index in [2.05, 4.69) is 29.8 Å². The molecule has 2 rings (SSSR count). The van der Waals surface area contributed by atoms with Crippen LogP contribution in [0.5, 0.6) is 0 Å². The van der Waals surface area contributed by atoms with E-state index in [1.807, 2.05) is 12.1 Å². The molecule has 0 heterocycles. The van der Waals surface area contributed by atoms with Gasteiger partial charge in [0.2, 0.25) is 0 Å². The first-order valence-corrected chi connectivity index (χ1v) is 6.49. The lowest BCUT2D eigenvalue weighted by Gasteiger charge is -2.52. The van der Waals surface area contributed by atoms with E-state index in [9.17, 15) is 4.39 Å². The molecule has 1 saturated carbocycles. The normalized spacial score (nSPS) is 33.6. The summed E-state index contributed by atoms with van der Waals surface area (Å²) in [6.07, 6.45) is 1.89. The van der Waals surface area contributed by atoms with Gasteiger partial charge >= 0.3 is 0 Å². The van der Waals surface area contributed by atoms with Gasteiger partial charge in [0.25, 0.3) is 0 Å². The molecule has 88 valence electrons. The lowest BCUT2D eigenvalue weighted by Crippen LogP contribution is -2.54. The van der Waals surface area contributed by atoms with Gasteiger partial charge in [-0.2, -0.15) is 0 Å². The molecule has 0 saturated heterocycles. The van der Waals surface area contributed by atoms with Crippen LogP contribution in [-0.4, -0.2) is 6.04 Å². The van der Waals surface area contributed by atoms with Crippen molar-refractivity contribution < 1.29 is 4.39 Å². The minimum absolute atomic E-state index is 0.0503. The molecular formula is C13H17BrFN. The van der Waals surface area contributed by atoms with Crippen molar-refractivity contribution in [2.24, 2.45) is 11.1 Å². The topological polar surface area (TPSA) is 26.0 Å². The first-order chi connectivity index (χ1) is 7.49. The molecule has 2 N–H and O–H groups in total. The van der Waals surface area contributed by atoms with Crippen LogP contribution in [0.25, 0.3) is 0 Å². The van der Waals surface area contributed by atoms with Crippen LogP contribution in [0.3, 0.4) is 0 Å². The smallest absolute Gasteiger partial charge is 0.127 e. The summed E-state index contributed by atoms with van der Waals surface area (Å²) in [6, 6.07) is 5.52. The molecule has 1 fully saturated rings. The van der Waals surface area contributed by atoms with Gasteiger partial charge in [-0.15, -0.1) is 0 Å². The van der Waals surface area contributed by atoms with Crippen LogP contribution in [0, 0.1) is 11.2 Å². The van der Waals surface area contributed by atoms with Crippen molar-refractivity contribution in [2.75, 3.05) is 0 Å². The predicted octanol–water partition coefficient (Wildman–Crippen LogP) is 3.82. The molecule has 3 unspecified atom stereocenters. The van der Waals surface area contributed by atoms with E-state index in [0.29, 0.717) is 0 Å². The fourth-order valence-electron chi connectivity index (χ4n) is 2.67. The van der Waals surface area contributed by atoms with E-state index in [1.165, 1.54) is 6.07 Å². The van der Waals surface area contributed by atoms with E-state index in [4.69, 9.17) is 5.73 Å². The van der Waals surface area contributed by atoms with Crippen LogP contribution in [0.2, 0.25) is 0 Å². The number of hydrogen-bond acceptors (Lipinski definition) is 1. The van der Waals surface area contributed by atoms with Crippen LogP contribution >= 0.6 is 15.9 Å². The molecule has 0 spiro atoms. The number of halogens is 2. The fraction of sp³-hybridized carbons (Fsp3) is 0.538. The number of hydrogen-bond donors (Lipinski definition) is 1. The zero-order valence-electron chi connectivity index (χ0n) is 9.63. The Morgan fingerprint density at radius 2 is 2.25 bits per heavy atom. The molecule has 1 aromatic carbocycles. The minimum Gasteiger partial charge on any atom is -0.327 e. The molecule has 3 heteroatoms. The first-order valence-electron chi connectivity index (χ1n) is 5.69. The Balaban J connectivity index is 2.33. The highest BCUT2D eigenvalue weighted by molar-refractivity contribution is 9.10. The average Bonchev–Trinajstić information content (AvgIpc) is 2.26. The highest BCUT2D eigenvalue weighted by Crippen LogP contribution is 2.54. The highest BCUT2D eigenvalue weighted by Gasteiger charge is 2.49. The van der Waals surface area contributed by atoms with Crippen molar-refractivity contribution in [1.29, 1.82) is 0 Å². The predicted molar refractivity (Wildman–Crippen MR) is 67.8 cm³/mol. The van der Waals surface area contributed by atoms with Crippen LogP contribution in [0.15, 0.2) is 22.7 Å². The standard InChI is InChI=1S/C13H17BrFN/c1-3-13(2)10(7-12(13)16)9-5-4-8(14)6-11(9)15/h4-6,10,12H,3,7,16H2,1-2H3. The number of benzene rings is 1. The van der Waals surface area contributed by atoms with E-state index in [0.717, 1.165) is 22.9 Å². The largest absolute Gasteiger partial charge is 0.327 e. The fourth-order valence-corrected chi connectivity index (χ4v) is 3.00. The summed E-state index contributed by atoms with van der Waals surface area (Å²) in [4.78, 5) is 0. The maximum Gasteiger partial charge on any atom is 0.127 e. The van der Waals surface area contributed by atoms with Crippen LogP contribution < -0.4 is 5.73 Å². The quantitative estimate of drug-likeness (QED) is 0.878. The van der Waals surface area contributed by atoms with Gasteiger partial charge in [0.15, 0.2) is 0 Å². The maximum absolute atomic E-state index is 13.9. The van der Waals surface area contributed by atoms with Gasteiger partial charge in [0.1, 0.15) is 5.82 Å². The van der Waals surface area contributed by atoms with Crippen molar-refractivity contribution in [1.82, 2.24) is 0 Å². The molecule has 1 aliphatic rings. The van der Waals surface area contributed by atoms with Gasteiger partial charge in [-0.3, -0.25) is 0 Å². The lowest BCUT2D eigenvalue weighted by molar-refractivity contribution is 0.0682. The molecule has 1 aliphatic carbocycles. The van der Waals surface area contributed by atoms with Crippen LogP contribution in [0.4, 0.5) is 4.39 Å². The minimum atomic E-state index is -0.119. The summed E-state index contributed by atoms with van der Waals surface area (Å²) < 4.78 is 14.6. The second kappa shape index (κ2) is 4.11. The van der Waals surface area contributed by atoms with Crippen molar-refractivity contribution in [2.45, 2.75) is 38.6 Å². The Kier molecular flexibility index (Phi) is 3.10. The molecule has 1 nitrogen and oxygen atoms in total. The molecule has 0 bridgehead atoms. The monoisotopic (exact) mass is 285 g/mol. The van der Waals surface area contributed by atoms with E-state index in [-0.39, 0.29) is 23.2 Å². The second-order valence-electron chi connectivity index (χ2n) is 4.92. The number of rotatable bonds is 2. The van der Waals surface area contributed by atoms with Gasteiger partial charge in [-0.1, -0.05) is 35.8 Å². The van der Waals surface area contributed by atoms with Crippen LogP contribution in [-0.2, 0) is 0 Å². The highest BCUT2D eigenvalue weighted by atomic mass is 79.9. The van der Waals surface area contributed by atoms with Gasteiger partial charge in [0.05, 0.1) is 0 Å². The molecule has 3 atom stereocenters. The summed E-state index contributed by atoms with van der Waals surface area (Å²) >= 11 is 3.28. The van der Waals surface area contributed by atoms with E-state index >= 15 is 0 Å². The Labute approximate surface area is 104 Å². The van der Waals surface area contributed by atoms with Gasteiger partial charge in [0, 0.05) is 10.5 Å². The molecule has 1 aromatic rings. The van der Waals surface area contributed by atoms with Crippen molar-refractivity contribution in [3.05, 3.63) is 34.1 Å². The molecule has 16 heavy (non-hydrogen) atoms. The Morgan fingerprint density at radius 1 is 1.56 bits per heavy atom. The summed E-state index contributed by atoms with van der Waals surface area (Å²) in [6.45, 7) is 4.29. The van der Waals surface area contributed by atoms with Crippen molar-refractivity contribution in [3.8, 4) is 0 Å². The van der Waals surface area contributed by atoms with Crippen molar-refractivity contribution in [3.63, 3.8) is 0 Å². The summed E-state index contributed by atoms with van der Waals surface area (Å²) in [5, 5.41) is 0. The maximum atomic E-state index is 13.9. The number of nitrogens with two attached hydrogens (primary N) is 1. The zero-order chi connectivity index (χ0) is 11.9. The Hall–Kier alpha value is -0.410. The van der Waals surface area contributed by atoms with Gasteiger partial charge in [-0.25, -0.2) is 4.39 Å². The Bertz CT molecular complexity index is 407. The molecule has 0 radical (unpaired) electrons. The zero-order valence-corrected chi connectivity index (χ0v) is 11.2. The summed E-state index contributed by atoms with van der Waals surface area (Å²) in [7, 11) is 0. The van der Waals surface area contributed by atoms with Gasteiger partial charge < -0.3 is 5.73 Å². The lowest BCUT2D eigenvalue weighted by atomic mass is 9.54. The van der Waals surface area contributed by atoms with Crippen LogP contribution in [0.1, 0.15) is 38.2 Å².